The average Bonchev–Trinajstić information content (AvgIpc) is 2.78. The maximum Gasteiger partial charge on any atom is 0.338 e. The molecule has 2 aromatic carbocycles. The number of pyridine rings is 1. The van der Waals surface area contributed by atoms with E-state index < -0.39 is 17.7 Å². The summed E-state index contributed by atoms with van der Waals surface area (Å²) >= 11 is 0. The van der Waals surface area contributed by atoms with Gasteiger partial charge in [0, 0.05) is 18.3 Å². The van der Waals surface area contributed by atoms with Gasteiger partial charge in [-0.1, -0.05) is 25.1 Å². The highest BCUT2D eigenvalue weighted by Crippen LogP contribution is 2.27. The Morgan fingerprint density at radius 3 is 2.70 bits per heavy atom. The molecule has 0 radical (unpaired) electrons. The Kier molecular flexibility index (Phi) is 6.87. The van der Waals surface area contributed by atoms with Gasteiger partial charge in [-0.25, -0.2) is 9.18 Å². The van der Waals surface area contributed by atoms with Crippen molar-refractivity contribution < 1.29 is 18.7 Å². The number of halogens is 1. The number of rotatable bonds is 7. The lowest BCUT2D eigenvalue weighted by atomic mass is 9.95. The van der Waals surface area contributed by atoms with Crippen LogP contribution in [0.3, 0.4) is 0 Å². The molecule has 0 aliphatic carbocycles. The van der Waals surface area contributed by atoms with Crippen LogP contribution in [0.4, 0.5) is 10.1 Å². The number of nitrogens with one attached hydrogen (secondary N) is 1. The molecule has 30 heavy (non-hydrogen) atoms. The number of amides is 1. The second kappa shape index (κ2) is 9.76. The average molecular weight is 407 g/mol. The van der Waals surface area contributed by atoms with Crippen molar-refractivity contribution in [2.24, 2.45) is 5.73 Å². The van der Waals surface area contributed by atoms with Gasteiger partial charge >= 0.3 is 5.97 Å². The van der Waals surface area contributed by atoms with Gasteiger partial charge < -0.3 is 15.8 Å². The van der Waals surface area contributed by atoms with Crippen molar-refractivity contribution in [2.75, 3.05) is 11.9 Å². The first-order chi connectivity index (χ1) is 14.5. The summed E-state index contributed by atoms with van der Waals surface area (Å²) in [6, 6.07) is 13.4. The third-order valence-electron chi connectivity index (χ3n) is 4.46. The monoisotopic (exact) mass is 407 g/mol. The highest BCUT2D eigenvalue weighted by Gasteiger charge is 2.14. The first kappa shape index (κ1) is 21.1. The molecule has 3 aromatic rings. The van der Waals surface area contributed by atoms with Crippen molar-refractivity contribution >= 4 is 17.6 Å². The molecule has 0 saturated carbocycles. The van der Waals surface area contributed by atoms with E-state index in [4.69, 9.17) is 10.5 Å². The van der Waals surface area contributed by atoms with Crippen LogP contribution in [0.5, 0.6) is 0 Å². The van der Waals surface area contributed by atoms with E-state index in [1.807, 2.05) is 13.0 Å². The molecular weight excluding hydrogens is 385 g/mol. The summed E-state index contributed by atoms with van der Waals surface area (Å²) in [6.07, 6.45) is 3.16. The second-order valence-electron chi connectivity index (χ2n) is 6.60. The second-order valence-corrected chi connectivity index (χ2v) is 6.60. The van der Waals surface area contributed by atoms with Crippen LogP contribution in [0.15, 0.2) is 60.9 Å². The van der Waals surface area contributed by atoms with E-state index in [9.17, 15) is 14.0 Å². The van der Waals surface area contributed by atoms with E-state index in [1.54, 1.807) is 36.4 Å². The highest BCUT2D eigenvalue weighted by atomic mass is 19.1. The molecular formula is C23H22FN3O3. The third-order valence-corrected chi connectivity index (χ3v) is 4.46. The van der Waals surface area contributed by atoms with Gasteiger partial charge in [-0.3, -0.25) is 9.78 Å². The minimum Gasteiger partial charge on any atom is -0.462 e. The molecule has 0 aliphatic rings. The highest BCUT2D eigenvalue weighted by molar-refractivity contribution is 6.05. The van der Waals surface area contributed by atoms with Gasteiger partial charge in [0.05, 0.1) is 24.1 Å². The molecule has 0 bridgehead atoms. The van der Waals surface area contributed by atoms with Gasteiger partial charge in [0.1, 0.15) is 0 Å². The summed E-state index contributed by atoms with van der Waals surface area (Å²) < 4.78 is 19.0. The summed E-state index contributed by atoms with van der Waals surface area (Å²) in [5, 5.41) is 2.54. The zero-order valence-corrected chi connectivity index (χ0v) is 16.5. The standard InChI is InChI=1S/C23H22FN3O3/c1-2-10-30-23(29)17-5-3-4-15(11-17)19-12-16(6-7-18(19)13-25)22(28)27-21-8-9-26-14-20(21)24/h3-9,11-12,14H,2,10,13,25H2,1H3,(H,26,27,28). The van der Waals surface area contributed by atoms with Crippen molar-refractivity contribution in [3.05, 3.63) is 83.4 Å². The molecule has 3 rings (SSSR count). The van der Waals surface area contributed by atoms with E-state index >= 15 is 0 Å². The first-order valence-electron chi connectivity index (χ1n) is 9.55. The Hall–Kier alpha value is -3.58. The summed E-state index contributed by atoms with van der Waals surface area (Å²) in [4.78, 5) is 28.5. The molecule has 1 amide bonds. The van der Waals surface area contributed by atoms with E-state index in [1.165, 1.54) is 12.3 Å². The molecule has 1 aromatic heterocycles. The first-order valence-corrected chi connectivity index (χ1v) is 9.55. The van der Waals surface area contributed by atoms with Crippen molar-refractivity contribution in [3.63, 3.8) is 0 Å². The molecule has 6 nitrogen and oxygen atoms in total. The number of nitrogens with zero attached hydrogens (tertiary/aromatic N) is 1. The maximum atomic E-state index is 13.8. The van der Waals surface area contributed by atoms with Gasteiger partial charge in [-0.15, -0.1) is 0 Å². The third kappa shape index (κ3) is 4.87. The number of hydrogen-bond acceptors (Lipinski definition) is 5. The predicted octanol–water partition coefficient (Wildman–Crippen LogP) is 4.17. The zero-order valence-electron chi connectivity index (χ0n) is 16.5. The number of benzene rings is 2. The fourth-order valence-corrected chi connectivity index (χ4v) is 2.93. The number of esters is 1. The number of ether oxygens (including phenoxy) is 1. The SMILES string of the molecule is CCCOC(=O)c1cccc(-c2cc(C(=O)Nc3ccncc3F)ccc2CN)c1. The molecule has 0 aliphatic heterocycles. The van der Waals surface area contributed by atoms with Crippen LogP contribution in [-0.4, -0.2) is 23.5 Å². The number of hydrogen-bond donors (Lipinski definition) is 2. The van der Waals surface area contributed by atoms with Crippen LogP contribution in [0.1, 0.15) is 39.6 Å². The summed E-state index contributed by atoms with van der Waals surface area (Å²) in [6.45, 7) is 2.52. The van der Waals surface area contributed by atoms with Crippen LogP contribution in [-0.2, 0) is 11.3 Å². The fourth-order valence-electron chi connectivity index (χ4n) is 2.93. The Balaban J connectivity index is 1.93. The lowest BCUT2D eigenvalue weighted by Crippen LogP contribution is -2.14. The molecule has 0 spiro atoms. The number of carbonyl (C=O) groups excluding carboxylic acids is 2. The lowest BCUT2D eigenvalue weighted by molar-refractivity contribution is 0.0505. The number of aromatic nitrogens is 1. The molecule has 7 heteroatoms. The quantitative estimate of drug-likeness (QED) is 0.574. The Labute approximate surface area is 173 Å². The number of anilines is 1. The number of carbonyl (C=O) groups is 2. The Bertz CT molecular complexity index is 1070. The fraction of sp³-hybridized carbons (Fsp3) is 0.174. The summed E-state index contributed by atoms with van der Waals surface area (Å²) in [5.41, 5.74) is 8.91. The molecule has 154 valence electrons. The Morgan fingerprint density at radius 1 is 1.13 bits per heavy atom. The van der Waals surface area contributed by atoms with E-state index in [-0.39, 0.29) is 12.2 Å². The van der Waals surface area contributed by atoms with Crippen molar-refractivity contribution in [3.8, 4) is 11.1 Å². The van der Waals surface area contributed by atoms with Crippen LogP contribution < -0.4 is 11.1 Å². The molecule has 0 atom stereocenters. The van der Waals surface area contributed by atoms with E-state index in [2.05, 4.69) is 10.3 Å². The minimum absolute atomic E-state index is 0.0418. The smallest absolute Gasteiger partial charge is 0.338 e. The van der Waals surface area contributed by atoms with Gasteiger partial charge in [0.25, 0.3) is 5.91 Å². The minimum atomic E-state index is -0.622. The maximum absolute atomic E-state index is 13.8. The van der Waals surface area contributed by atoms with Crippen LogP contribution in [0, 0.1) is 5.82 Å². The van der Waals surface area contributed by atoms with Crippen molar-refractivity contribution in [1.29, 1.82) is 0 Å². The van der Waals surface area contributed by atoms with Crippen LogP contribution in [0.2, 0.25) is 0 Å². The number of nitrogens with two attached hydrogens (primary N) is 1. The van der Waals surface area contributed by atoms with Gasteiger partial charge in [0.15, 0.2) is 5.82 Å². The van der Waals surface area contributed by atoms with Gasteiger partial charge in [-0.2, -0.15) is 0 Å². The topological polar surface area (TPSA) is 94.3 Å². The molecule has 0 saturated heterocycles. The molecule has 1 heterocycles. The van der Waals surface area contributed by atoms with Crippen molar-refractivity contribution in [2.45, 2.75) is 19.9 Å². The molecule has 0 fully saturated rings. The summed E-state index contributed by atoms with van der Waals surface area (Å²) in [7, 11) is 0. The van der Waals surface area contributed by atoms with Gasteiger partial charge in [-0.05, 0) is 53.4 Å². The van der Waals surface area contributed by atoms with Crippen LogP contribution in [0.25, 0.3) is 11.1 Å². The normalized spacial score (nSPS) is 10.5. The predicted molar refractivity (Wildman–Crippen MR) is 112 cm³/mol. The largest absolute Gasteiger partial charge is 0.462 e. The van der Waals surface area contributed by atoms with Gasteiger partial charge in [0.2, 0.25) is 0 Å². The van der Waals surface area contributed by atoms with Crippen molar-refractivity contribution in [1.82, 2.24) is 4.98 Å². The molecule has 3 N–H and O–H groups in total. The van der Waals surface area contributed by atoms with E-state index in [0.717, 1.165) is 23.7 Å². The molecule has 0 unspecified atom stereocenters. The van der Waals surface area contributed by atoms with Crippen LogP contribution >= 0.6 is 0 Å². The lowest BCUT2D eigenvalue weighted by Gasteiger charge is -2.13. The Morgan fingerprint density at radius 2 is 1.97 bits per heavy atom. The van der Waals surface area contributed by atoms with E-state index in [0.29, 0.717) is 23.3 Å². The zero-order chi connectivity index (χ0) is 21.5. The summed E-state index contributed by atoms with van der Waals surface area (Å²) in [5.74, 6) is -1.50.